The van der Waals surface area contributed by atoms with Crippen LogP contribution in [0.5, 0.6) is 5.75 Å². The predicted molar refractivity (Wildman–Crippen MR) is 203 cm³/mol. The van der Waals surface area contributed by atoms with E-state index in [-0.39, 0.29) is 12.3 Å². The number of nitrogens with zero attached hydrogens (tertiary/aromatic N) is 3. The average molecular weight is 904 g/mol. The zero-order valence-corrected chi connectivity index (χ0v) is 34.1. The number of hydrogen-bond donors (Lipinski definition) is 2. The van der Waals surface area contributed by atoms with E-state index >= 15 is 0 Å². The summed E-state index contributed by atoms with van der Waals surface area (Å²) in [7, 11) is 1.23. The van der Waals surface area contributed by atoms with E-state index in [1.54, 1.807) is 12.1 Å². The Labute approximate surface area is 359 Å². The second-order valence-corrected chi connectivity index (χ2v) is 14.2. The highest BCUT2D eigenvalue weighted by Gasteiger charge is 2.52. The smallest absolute Gasteiger partial charge is 0.407 e. The Balaban J connectivity index is 1.20. The maximum Gasteiger partial charge on any atom is 0.407 e. The topological polar surface area (TPSA) is 222 Å². The molecule has 1 aromatic heterocycles. The van der Waals surface area contributed by atoms with E-state index in [0.717, 1.165) is 47.7 Å². The van der Waals surface area contributed by atoms with Gasteiger partial charge in [-0.3, -0.25) is 24.0 Å². The third-order valence-corrected chi connectivity index (χ3v) is 9.92. The molecule has 1 fully saturated rings. The van der Waals surface area contributed by atoms with Crippen molar-refractivity contribution in [1.82, 2.24) is 25.6 Å². The van der Waals surface area contributed by atoms with Gasteiger partial charge in [0, 0.05) is 33.8 Å². The molecule has 2 aliphatic rings. The molecular formula is C41H38F5N5O13. The molecule has 6 atom stereocenters. The molecule has 23 heteroatoms. The number of hydrogen-bond acceptors (Lipinski definition) is 15. The highest BCUT2D eigenvalue weighted by molar-refractivity contribution is 5.90. The molecule has 0 spiro atoms. The first-order valence-electron chi connectivity index (χ1n) is 19.2. The van der Waals surface area contributed by atoms with Crippen molar-refractivity contribution in [2.45, 2.75) is 76.3 Å². The Bertz CT molecular complexity index is 2380. The van der Waals surface area contributed by atoms with E-state index < -0.39 is 133 Å². The summed E-state index contributed by atoms with van der Waals surface area (Å²) in [5.41, 5.74) is 3.45. The van der Waals surface area contributed by atoms with Crippen LogP contribution in [0.15, 0.2) is 54.7 Å². The molecule has 18 nitrogen and oxygen atoms in total. The number of methoxy groups -OCH3 is 1. The molecule has 1 saturated heterocycles. The molecule has 1 aliphatic carbocycles. The molecule has 2 amide bonds. The van der Waals surface area contributed by atoms with Crippen LogP contribution in [0.2, 0.25) is 0 Å². The largest absolute Gasteiger partial charge is 0.463 e. The standard InChI is InChI=1S/C41H38F5N5O13/c1-18(52)59-17-28-36(61-19(2)53)38(62-20(3)54)35(40(58-4)63-28)51-15-21(49-50-51)14-47-39(56)27(13-29(55)64-37-33(45)31(43)30(42)32(44)34(37)46)48-41(57)60-16-26-24-11-7-5-9-22(24)23-10-6-8-12-25(23)26/h5-12,15,26-28,35-36,38,40H,13-14,16-17H2,1-4H3,(H,47,56)(H,48,57)/t27-,28+,35+,36+,38+,40+/m0/s1. The molecule has 6 rings (SSSR count). The lowest BCUT2D eigenvalue weighted by Crippen LogP contribution is -2.59. The fraction of sp³-hybridized carbons (Fsp3) is 0.366. The van der Waals surface area contributed by atoms with Gasteiger partial charge < -0.3 is 43.8 Å². The van der Waals surface area contributed by atoms with Gasteiger partial charge in [0.15, 0.2) is 18.5 Å². The Hall–Kier alpha value is -7.01. The fourth-order valence-corrected chi connectivity index (χ4v) is 7.19. The number of nitrogens with one attached hydrogen (secondary N) is 2. The number of benzene rings is 3. The Kier molecular flexibility index (Phi) is 14.5. The number of amides is 2. The first-order valence-corrected chi connectivity index (χ1v) is 19.2. The molecule has 2 heterocycles. The van der Waals surface area contributed by atoms with Crippen LogP contribution in [0.4, 0.5) is 26.7 Å². The number of rotatable bonds is 15. The minimum atomic E-state index is -2.51. The third kappa shape index (κ3) is 10.3. The van der Waals surface area contributed by atoms with Crippen molar-refractivity contribution >= 4 is 35.9 Å². The number of esters is 4. The highest BCUT2D eigenvalue weighted by atomic mass is 19.2. The lowest BCUT2D eigenvalue weighted by Gasteiger charge is -2.44. The summed E-state index contributed by atoms with van der Waals surface area (Å²) >= 11 is 0. The number of carbonyl (C=O) groups excluding carboxylic acids is 6. The molecule has 340 valence electrons. The lowest BCUT2D eigenvalue weighted by molar-refractivity contribution is -0.282. The van der Waals surface area contributed by atoms with Crippen molar-refractivity contribution in [2.24, 2.45) is 0 Å². The van der Waals surface area contributed by atoms with E-state index in [2.05, 4.69) is 25.7 Å². The Morgan fingerprint density at radius 3 is 1.92 bits per heavy atom. The normalized spacial score (nSPS) is 19.4. The van der Waals surface area contributed by atoms with Gasteiger partial charge in [0.05, 0.1) is 19.2 Å². The summed E-state index contributed by atoms with van der Waals surface area (Å²) < 4.78 is 109. The van der Waals surface area contributed by atoms with Gasteiger partial charge in [0.1, 0.15) is 37.1 Å². The molecule has 3 aromatic carbocycles. The van der Waals surface area contributed by atoms with Gasteiger partial charge in [-0.15, -0.1) is 5.10 Å². The zero-order valence-electron chi connectivity index (χ0n) is 34.1. The summed E-state index contributed by atoms with van der Waals surface area (Å²) in [5.74, 6) is -19.8. The highest BCUT2D eigenvalue weighted by Crippen LogP contribution is 2.44. The van der Waals surface area contributed by atoms with Crippen LogP contribution < -0.4 is 15.4 Å². The predicted octanol–water partition coefficient (Wildman–Crippen LogP) is 3.83. The molecule has 0 saturated carbocycles. The van der Waals surface area contributed by atoms with Crippen molar-refractivity contribution in [2.75, 3.05) is 20.3 Å². The maximum atomic E-state index is 14.4. The van der Waals surface area contributed by atoms with Gasteiger partial charge in [0.25, 0.3) is 0 Å². The van der Waals surface area contributed by atoms with Crippen molar-refractivity contribution < 1.29 is 83.9 Å². The van der Waals surface area contributed by atoms with E-state index in [1.165, 1.54) is 13.3 Å². The van der Waals surface area contributed by atoms with Gasteiger partial charge in [-0.2, -0.15) is 8.78 Å². The molecule has 1 aliphatic heterocycles. The van der Waals surface area contributed by atoms with Gasteiger partial charge in [0.2, 0.25) is 40.7 Å². The first-order chi connectivity index (χ1) is 30.5. The number of alkyl carbamates (subject to hydrolysis) is 1. The van der Waals surface area contributed by atoms with Crippen molar-refractivity contribution in [3.63, 3.8) is 0 Å². The Morgan fingerprint density at radius 1 is 0.766 bits per heavy atom. The summed E-state index contributed by atoms with van der Waals surface area (Å²) in [6.07, 6.45) is -6.51. The third-order valence-electron chi connectivity index (χ3n) is 9.92. The number of aromatic nitrogens is 3. The van der Waals surface area contributed by atoms with E-state index in [9.17, 15) is 50.7 Å². The van der Waals surface area contributed by atoms with Crippen molar-refractivity contribution in [3.05, 3.63) is 101 Å². The monoisotopic (exact) mass is 903 g/mol. The minimum absolute atomic E-state index is 0.0280. The van der Waals surface area contributed by atoms with Crippen LogP contribution in [0.25, 0.3) is 11.1 Å². The number of halogens is 5. The molecule has 0 unspecified atom stereocenters. The van der Waals surface area contributed by atoms with Gasteiger partial charge in [-0.1, -0.05) is 53.7 Å². The van der Waals surface area contributed by atoms with Crippen LogP contribution in [0.1, 0.15) is 56.0 Å². The lowest BCUT2D eigenvalue weighted by atomic mass is 9.96. The van der Waals surface area contributed by atoms with Crippen LogP contribution >= 0.6 is 0 Å². The van der Waals surface area contributed by atoms with E-state index in [1.807, 2.05) is 36.4 Å². The number of ether oxygens (including phenoxy) is 7. The van der Waals surface area contributed by atoms with Crippen LogP contribution in [-0.4, -0.2) is 102 Å². The number of fused-ring (bicyclic) bond motifs is 3. The van der Waals surface area contributed by atoms with Crippen LogP contribution in [0, 0.1) is 29.1 Å². The van der Waals surface area contributed by atoms with Crippen LogP contribution in [0.3, 0.4) is 0 Å². The second-order valence-electron chi connectivity index (χ2n) is 14.2. The van der Waals surface area contributed by atoms with Crippen LogP contribution in [-0.2, 0) is 58.9 Å². The quantitative estimate of drug-likeness (QED) is 0.0432. The van der Waals surface area contributed by atoms with Crippen molar-refractivity contribution in [3.8, 4) is 16.9 Å². The SMILES string of the molecule is CO[C@@H]1O[C@H](COC(C)=O)[C@@H](OC(C)=O)[C@H](OC(C)=O)[C@H]1n1cc(CNC(=O)[C@H](CC(=O)Oc2c(F)c(F)c(F)c(F)c2F)NC(=O)OCC2c3ccccc3-c3ccccc32)nn1. The molecule has 4 aromatic rings. The molecule has 0 bridgehead atoms. The Morgan fingerprint density at radius 2 is 1.34 bits per heavy atom. The summed E-state index contributed by atoms with van der Waals surface area (Å²) in [6, 6.07) is 11.6. The molecular weight excluding hydrogens is 865 g/mol. The second kappa shape index (κ2) is 20.0. The fourth-order valence-electron chi connectivity index (χ4n) is 7.19. The first kappa shape index (κ1) is 46.5. The zero-order chi connectivity index (χ0) is 46.4. The summed E-state index contributed by atoms with van der Waals surface area (Å²) in [4.78, 5) is 75.9. The minimum Gasteiger partial charge on any atom is -0.463 e. The number of carbonyl (C=O) groups is 6. The summed E-state index contributed by atoms with van der Waals surface area (Å²) in [6.45, 7) is 2.08. The summed E-state index contributed by atoms with van der Waals surface area (Å²) in [5, 5.41) is 12.6. The van der Waals surface area contributed by atoms with E-state index in [0.29, 0.717) is 0 Å². The molecule has 2 N–H and O–H groups in total. The van der Waals surface area contributed by atoms with Gasteiger partial charge in [-0.25, -0.2) is 22.6 Å². The van der Waals surface area contributed by atoms with Gasteiger partial charge in [-0.05, 0) is 22.3 Å². The van der Waals surface area contributed by atoms with Crippen molar-refractivity contribution in [1.29, 1.82) is 0 Å². The van der Waals surface area contributed by atoms with E-state index in [4.69, 9.17) is 28.4 Å². The maximum absolute atomic E-state index is 14.4. The molecule has 64 heavy (non-hydrogen) atoms. The molecule has 0 radical (unpaired) electrons. The average Bonchev–Trinajstić information content (AvgIpc) is 3.86. The van der Waals surface area contributed by atoms with Gasteiger partial charge >= 0.3 is 30.0 Å².